The highest BCUT2D eigenvalue weighted by Gasteiger charge is 2.08. The minimum Gasteiger partial charge on any atom is -0.872 e. The topological polar surface area (TPSA) is 101 Å². The standard InChI is InChI=1S/C7H5FO3.C5H6N2/c8-4-2-1-3-5(9)6(4)7(10)11;6-5-1-3-7-4-2-5/h1-3,9H,(H,10,11);1-4H,(H2,6,7). The Morgan fingerprint density at radius 3 is 2.22 bits per heavy atom. The summed E-state index contributed by atoms with van der Waals surface area (Å²) < 4.78 is 12.5. The molecule has 0 aliphatic heterocycles. The van der Waals surface area contributed by atoms with Crippen LogP contribution >= 0.6 is 0 Å². The molecule has 2 aromatic rings. The Labute approximate surface area is 102 Å². The Morgan fingerprint density at radius 1 is 1.28 bits per heavy atom. The number of carboxylic acid groups (broad SMARTS) is 1. The maximum Gasteiger partial charge on any atom is 0.338 e. The fourth-order valence-electron chi connectivity index (χ4n) is 1.11. The molecule has 5 nitrogen and oxygen atoms in total. The first-order chi connectivity index (χ1) is 8.52. The van der Waals surface area contributed by atoms with Crippen molar-refractivity contribution in [2.75, 3.05) is 5.73 Å². The van der Waals surface area contributed by atoms with Crippen LogP contribution in [0.1, 0.15) is 10.4 Å². The lowest BCUT2D eigenvalue weighted by Gasteiger charge is -2.08. The molecule has 1 aromatic heterocycles. The molecule has 0 atom stereocenters. The summed E-state index contributed by atoms with van der Waals surface area (Å²) in [6.07, 6.45) is 3.57. The second kappa shape index (κ2) is 6.19. The fraction of sp³-hybridized carbons (Fsp3) is 0. The zero-order valence-corrected chi connectivity index (χ0v) is 9.26. The third-order valence-electron chi connectivity index (χ3n) is 1.93. The van der Waals surface area contributed by atoms with Crippen LogP contribution < -0.4 is 15.8 Å². The lowest BCUT2D eigenvalue weighted by molar-refractivity contribution is -0.377. The van der Waals surface area contributed by atoms with E-state index in [1.54, 1.807) is 24.5 Å². The molecule has 0 fully saturated rings. The third kappa shape index (κ3) is 3.75. The van der Waals surface area contributed by atoms with Crippen LogP contribution in [0.15, 0.2) is 42.7 Å². The summed E-state index contributed by atoms with van der Waals surface area (Å²) in [4.78, 5) is 13.1. The van der Waals surface area contributed by atoms with Gasteiger partial charge in [-0.3, -0.25) is 0 Å². The number of carboxylic acids is 1. The molecule has 2 rings (SSSR count). The summed E-state index contributed by atoms with van der Waals surface area (Å²) in [6.45, 7) is 0. The zero-order chi connectivity index (χ0) is 13.5. The van der Waals surface area contributed by atoms with Gasteiger partial charge in [0.05, 0.1) is 5.56 Å². The van der Waals surface area contributed by atoms with Crippen LogP contribution in [0.25, 0.3) is 0 Å². The van der Waals surface area contributed by atoms with Gasteiger partial charge in [-0.2, -0.15) is 0 Å². The number of hydrogen-bond acceptors (Lipinski definition) is 3. The Bertz CT molecular complexity index is 512. The van der Waals surface area contributed by atoms with E-state index in [2.05, 4.69) is 4.98 Å². The summed E-state index contributed by atoms with van der Waals surface area (Å²) >= 11 is 0. The van der Waals surface area contributed by atoms with E-state index in [0.717, 1.165) is 17.8 Å². The van der Waals surface area contributed by atoms with E-state index < -0.39 is 23.1 Å². The van der Waals surface area contributed by atoms with E-state index in [4.69, 9.17) is 10.8 Å². The predicted octanol–water partition coefficient (Wildman–Crippen LogP) is 0.680. The monoisotopic (exact) mass is 250 g/mol. The number of benzene rings is 1. The van der Waals surface area contributed by atoms with Crippen molar-refractivity contribution in [1.29, 1.82) is 0 Å². The number of nitrogens with two attached hydrogens (primary N) is 1. The average Bonchev–Trinajstić information content (AvgIpc) is 2.30. The van der Waals surface area contributed by atoms with Gasteiger partial charge in [0, 0.05) is 17.8 Å². The van der Waals surface area contributed by atoms with Gasteiger partial charge in [0.25, 0.3) is 0 Å². The normalized spacial score (nSPS) is 9.17. The molecule has 0 unspecified atom stereocenters. The van der Waals surface area contributed by atoms with Gasteiger partial charge in [0.2, 0.25) is 0 Å². The van der Waals surface area contributed by atoms with Crippen LogP contribution in [0.4, 0.5) is 10.1 Å². The van der Waals surface area contributed by atoms with Crippen molar-refractivity contribution in [1.82, 2.24) is 0 Å². The SMILES string of the molecule is Nc1cc[nH+]cc1.O=C(O)c1c([O-])cccc1F. The van der Waals surface area contributed by atoms with E-state index in [-0.39, 0.29) is 0 Å². The first-order valence-electron chi connectivity index (χ1n) is 4.92. The second-order valence-corrected chi connectivity index (χ2v) is 3.25. The predicted molar refractivity (Wildman–Crippen MR) is 60.2 cm³/mol. The first-order valence-corrected chi connectivity index (χ1v) is 4.92. The van der Waals surface area contributed by atoms with Gasteiger partial charge < -0.3 is 15.9 Å². The van der Waals surface area contributed by atoms with E-state index in [9.17, 15) is 14.3 Å². The maximum absolute atomic E-state index is 12.5. The molecule has 0 saturated heterocycles. The Kier molecular flexibility index (Phi) is 4.62. The van der Waals surface area contributed by atoms with Gasteiger partial charge in [-0.25, -0.2) is 14.2 Å². The lowest BCUT2D eigenvalue weighted by atomic mass is 10.2. The van der Waals surface area contributed by atoms with Crippen LogP contribution in [0.2, 0.25) is 0 Å². The number of hydrogen-bond donors (Lipinski definition) is 2. The summed E-state index contributed by atoms with van der Waals surface area (Å²) in [7, 11) is 0. The molecule has 0 bridgehead atoms. The molecule has 0 radical (unpaired) electrons. The van der Waals surface area contributed by atoms with E-state index in [1.807, 2.05) is 0 Å². The van der Waals surface area contributed by atoms with Crippen LogP contribution in [0.5, 0.6) is 5.75 Å². The molecule has 0 aliphatic carbocycles. The second-order valence-electron chi connectivity index (χ2n) is 3.25. The Hall–Kier alpha value is -2.63. The number of halogens is 1. The number of pyridine rings is 1. The molecule has 6 heteroatoms. The van der Waals surface area contributed by atoms with Gasteiger partial charge in [0.15, 0.2) is 12.4 Å². The highest BCUT2D eigenvalue weighted by molar-refractivity contribution is 5.90. The summed E-state index contributed by atoms with van der Waals surface area (Å²) in [6, 6.07) is 6.72. The molecule has 1 heterocycles. The minimum atomic E-state index is -1.53. The Morgan fingerprint density at radius 2 is 1.89 bits per heavy atom. The molecule has 18 heavy (non-hydrogen) atoms. The number of aromatic amines is 1. The average molecular weight is 250 g/mol. The summed E-state index contributed by atoms with van der Waals surface area (Å²) in [5.41, 5.74) is 5.33. The van der Waals surface area contributed by atoms with Gasteiger partial charge in [-0.1, -0.05) is 17.9 Å². The van der Waals surface area contributed by atoms with Gasteiger partial charge in [-0.15, -0.1) is 0 Å². The molecule has 1 aromatic carbocycles. The van der Waals surface area contributed by atoms with Crippen molar-refractivity contribution in [2.24, 2.45) is 0 Å². The minimum absolute atomic E-state index is 0.791. The molecular formula is C12H11FN2O3. The van der Waals surface area contributed by atoms with Crippen LogP contribution in [0.3, 0.4) is 0 Å². The molecular weight excluding hydrogens is 239 g/mol. The molecule has 0 spiro atoms. The van der Waals surface area contributed by atoms with Crippen LogP contribution in [-0.4, -0.2) is 11.1 Å². The number of rotatable bonds is 1. The number of anilines is 1. The van der Waals surface area contributed by atoms with Crippen molar-refractivity contribution in [2.45, 2.75) is 0 Å². The number of nitrogens with one attached hydrogen (secondary N) is 1. The largest absolute Gasteiger partial charge is 0.872 e. The van der Waals surface area contributed by atoms with Crippen molar-refractivity contribution in [3.8, 4) is 5.75 Å². The number of nitrogen functional groups attached to an aromatic ring is 1. The number of H-pyrrole nitrogens is 1. The Balaban J connectivity index is 0.000000199. The molecule has 0 aliphatic rings. The van der Waals surface area contributed by atoms with Gasteiger partial charge in [0.1, 0.15) is 5.82 Å². The smallest absolute Gasteiger partial charge is 0.338 e. The van der Waals surface area contributed by atoms with Gasteiger partial charge in [-0.05, 0) is 6.07 Å². The first kappa shape index (κ1) is 13.4. The van der Waals surface area contributed by atoms with Crippen LogP contribution in [-0.2, 0) is 0 Å². The number of aromatic nitrogens is 1. The number of carbonyl (C=O) groups is 1. The molecule has 4 N–H and O–H groups in total. The highest BCUT2D eigenvalue weighted by Crippen LogP contribution is 2.16. The highest BCUT2D eigenvalue weighted by atomic mass is 19.1. The van der Waals surface area contributed by atoms with Crippen molar-refractivity contribution in [3.05, 3.63) is 54.1 Å². The van der Waals surface area contributed by atoms with Crippen molar-refractivity contribution < 1.29 is 24.4 Å². The lowest BCUT2D eigenvalue weighted by Crippen LogP contribution is -2.06. The van der Waals surface area contributed by atoms with Crippen LogP contribution in [0, 0.1) is 5.82 Å². The van der Waals surface area contributed by atoms with Crippen molar-refractivity contribution >= 4 is 11.7 Å². The fourth-order valence-corrected chi connectivity index (χ4v) is 1.11. The quantitative estimate of drug-likeness (QED) is 0.777. The van der Waals surface area contributed by atoms with E-state index >= 15 is 0 Å². The van der Waals surface area contributed by atoms with Crippen molar-refractivity contribution in [3.63, 3.8) is 0 Å². The zero-order valence-electron chi connectivity index (χ0n) is 9.26. The third-order valence-corrected chi connectivity index (χ3v) is 1.93. The molecule has 0 amide bonds. The summed E-state index contributed by atoms with van der Waals surface area (Å²) in [5.74, 6) is -3.34. The molecule has 0 saturated carbocycles. The van der Waals surface area contributed by atoms with Gasteiger partial charge >= 0.3 is 5.97 Å². The maximum atomic E-state index is 12.5. The summed E-state index contributed by atoms with van der Waals surface area (Å²) in [5, 5.41) is 19.0. The number of aromatic carboxylic acids is 1. The van der Waals surface area contributed by atoms with E-state index in [1.165, 1.54) is 6.07 Å². The molecule has 94 valence electrons. The van der Waals surface area contributed by atoms with E-state index in [0.29, 0.717) is 0 Å².